The van der Waals surface area contributed by atoms with Crippen molar-refractivity contribution in [2.75, 3.05) is 0 Å². The summed E-state index contributed by atoms with van der Waals surface area (Å²) in [6, 6.07) is 4.99. The van der Waals surface area contributed by atoms with Gasteiger partial charge in [0.25, 0.3) is 0 Å². The molecule has 0 aliphatic rings. The minimum atomic E-state index is 0.569. The Hall–Kier alpha value is -0.850. The number of unbranched alkanes of at least 4 members (excludes halogenated alkanes) is 4. The third-order valence-electron chi connectivity index (χ3n) is 3.05. The Balaban J connectivity index is 2.33. The molecule has 90 valence electrons. The second-order valence-electron chi connectivity index (χ2n) is 4.92. The Labute approximate surface area is 101 Å². The SMILES string of the molecule is CCCCCCCc1ccc[n+](C(C)C)c1. The predicted octanol–water partition coefficient (Wildman–Crippen LogP) is 4.07. The maximum Gasteiger partial charge on any atom is 0.172 e. The molecule has 0 saturated carbocycles. The third kappa shape index (κ3) is 4.78. The van der Waals surface area contributed by atoms with Gasteiger partial charge in [-0.3, -0.25) is 0 Å². The molecule has 1 aromatic rings. The van der Waals surface area contributed by atoms with Crippen molar-refractivity contribution in [1.82, 2.24) is 0 Å². The molecule has 0 radical (unpaired) electrons. The highest BCUT2D eigenvalue weighted by Gasteiger charge is 2.06. The lowest BCUT2D eigenvalue weighted by Crippen LogP contribution is -2.35. The highest BCUT2D eigenvalue weighted by atomic mass is 15.0. The zero-order chi connectivity index (χ0) is 11.8. The average Bonchev–Trinajstić information content (AvgIpc) is 2.29. The van der Waals surface area contributed by atoms with E-state index < -0.39 is 0 Å². The van der Waals surface area contributed by atoms with Gasteiger partial charge in [-0.1, -0.05) is 32.6 Å². The Morgan fingerprint density at radius 1 is 1.12 bits per heavy atom. The van der Waals surface area contributed by atoms with E-state index >= 15 is 0 Å². The first-order chi connectivity index (χ1) is 7.74. The van der Waals surface area contributed by atoms with E-state index in [-0.39, 0.29) is 0 Å². The van der Waals surface area contributed by atoms with Gasteiger partial charge in [-0.05, 0) is 32.8 Å². The largest absolute Gasteiger partial charge is 0.203 e. The van der Waals surface area contributed by atoms with Crippen molar-refractivity contribution < 1.29 is 4.57 Å². The Morgan fingerprint density at radius 3 is 2.56 bits per heavy atom. The molecule has 0 spiro atoms. The standard InChI is InChI=1S/C15H26N/c1-4-5-6-7-8-10-15-11-9-12-16(13-15)14(2)3/h9,11-14H,4-8,10H2,1-3H3/q+1. The molecule has 0 unspecified atom stereocenters. The number of rotatable bonds is 7. The van der Waals surface area contributed by atoms with Gasteiger partial charge in [0.2, 0.25) is 0 Å². The first-order valence-electron chi connectivity index (χ1n) is 6.73. The van der Waals surface area contributed by atoms with Gasteiger partial charge in [0.1, 0.15) is 0 Å². The van der Waals surface area contributed by atoms with Gasteiger partial charge < -0.3 is 0 Å². The highest BCUT2D eigenvalue weighted by molar-refractivity contribution is 5.05. The number of nitrogens with zero attached hydrogens (tertiary/aromatic N) is 1. The first-order valence-corrected chi connectivity index (χ1v) is 6.73. The molecule has 0 aliphatic carbocycles. The predicted molar refractivity (Wildman–Crippen MR) is 69.5 cm³/mol. The van der Waals surface area contributed by atoms with E-state index in [1.54, 1.807) is 0 Å². The lowest BCUT2D eigenvalue weighted by Gasteiger charge is -2.03. The van der Waals surface area contributed by atoms with Crippen molar-refractivity contribution in [1.29, 1.82) is 0 Å². The zero-order valence-electron chi connectivity index (χ0n) is 11.1. The summed E-state index contributed by atoms with van der Waals surface area (Å²) in [4.78, 5) is 0. The molecule has 0 saturated heterocycles. The van der Waals surface area contributed by atoms with E-state index in [9.17, 15) is 0 Å². The molecule has 0 aromatic carbocycles. The van der Waals surface area contributed by atoms with E-state index in [1.165, 1.54) is 44.1 Å². The molecule has 0 fully saturated rings. The van der Waals surface area contributed by atoms with Crippen molar-refractivity contribution in [3.8, 4) is 0 Å². The molecule has 1 heterocycles. The van der Waals surface area contributed by atoms with Gasteiger partial charge in [0.15, 0.2) is 18.4 Å². The van der Waals surface area contributed by atoms with Crippen molar-refractivity contribution in [3.05, 3.63) is 30.1 Å². The normalized spacial score (nSPS) is 11.0. The summed E-state index contributed by atoms with van der Waals surface area (Å²) in [5.74, 6) is 0. The van der Waals surface area contributed by atoms with Crippen LogP contribution in [0.4, 0.5) is 0 Å². The van der Waals surface area contributed by atoms with E-state index in [1.807, 2.05) is 0 Å². The zero-order valence-corrected chi connectivity index (χ0v) is 11.1. The van der Waals surface area contributed by atoms with E-state index in [0.717, 1.165) is 0 Å². The number of hydrogen-bond donors (Lipinski definition) is 0. The van der Waals surface area contributed by atoms with Crippen LogP contribution in [0.25, 0.3) is 0 Å². The summed E-state index contributed by atoms with van der Waals surface area (Å²) in [5.41, 5.74) is 1.48. The fourth-order valence-corrected chi connectivity index (χ4v) is 1.95. The van der Waals surface area contributed by atoms with Crippen molar-refractivity contribution in [2.45, 2.75) is 65.3 Å². The summed E-state index contributed by atoms with van der Waals surface area (Å²) in [5, 5.41) is 0. The Bertz CT molecular complexity index is 291. The summed E-state index contributed by atoms with van der Waals surface area (Å²) in [7, 11) is 0. The Kier molecular flexibility index (Phi) is 6.14. The molecule has 1 rings (SSSR count). The van der Waals surface area contributed by atoms with Gasteiger partial charge in [0, 0.05) is 11.6 Å². The average molecular weight is 220 g/mol. The molecule has 0 amide bonds. The van der Waals surface area contributed by atoms with Crippen LogP contribution >= 0.6 is 0 Å². The minimum absolute atomic E-state index is 0.569. The maximum absolute atomic E-state index is 2.30. The second-order valence-corrected chi connectivity index (χ2v) is 4.92. The smallest absolute Gasteiger partial charge is 0.172 e. The molecule has 1 aromatic heterocycles. The molecule has 0 atom stereocenters. The summed E-state index contributed by atoms with van der Waals surface area (Å²) in [6.45, 7) is 6.72. The lowest BCUT2D eigenvalue weighted by molar-refractivity contribution is -0.716. The quantitative estimate of drug-likeness (QED) is 0.482. The van der Waals surface area contributed by atoms with E-state index in [2.05, 4.69) is 49.9 Å². The summed E-state index contributed by atoms with van der Waals surface area (Å²) >= 11 is 0. The maximum atomic E-state index is 2.30. The highest BCUT2D eigenvalue weighted by Crippen LogP contribution is 2.07. The Morgan fingerprint density at radius 2 is 1.88 bits per heavy atom. The molecule has 0 aliphatic heterocycles. The number of aromatic nitrogens is 1. The van der Waals surface area contributed by atoms with Gasteiger partial charge in [0.05, 0.1) is 0 Å². The fraction of sp³-hybridized carbons (Fsp3) is 0.667. The van der Waals surface area contributed by atoms with Gasteiger partial charge in [-0.15, -0.1) is 0 Å². The summed E-state index contributed by atoms with van der Waals surface area (Å²) in [6.07, 6.45) is 12.5. The van der Waals surface area contributed by atoms with Crippen LogP contribution < -0.4 is 4.57 Å². The van der Waals surface area contributed by atoms with E-state index in [0.29, 0.717) is 6.04 Å². The number of hydrogen-bond acceptors (Lipinski definition) is 0. The molecular weight excluding hydrogens is 194 g/mol. The van der Waals surface area contributed by atoms with Crippen LogP contribution in [0.2, 0.25) is 0 Å². The molecule has 1 heteroatoms. The lowest BCUT2D eigenvalue weighted by atomic mass is 10.1. The van der Waals surface area contributed by atoms with Gasteiger partial charge in [-0.2, -0.15) is 0 Å². The van der Waals surface area contributed by atoms with Crippen LogP contribution in [0.5, 0.6) is 0 Å². The van der Waals surface area contributed by atoms with Crippen molar-refractivity contribution >= 4 is 0 Å². The van der Waals surface area contributed by atoms with Crippen LogP contribution in [0.3, 0.4) is 0 Å². The first kappa shape index (κ1) is 13.2. The van der Waals surface area contributed by atoms with Crippen molar-refractivity contribution in [2.24, 2.45) is 0 Å². The molecule has 16 heavy (non-hydrogen) atoms. The van der Waals surface area contributed by atoms with Crippen molar-refractivity contribution in [3.63, 3.8) is 0 Å². The number of pyridine rings is 1. The molecule has 1 nitrogen and oxygen atoms in total. The van der Waals surface area contributed by atoms with Crippen LogP contribution in [0.1, 0.15) is 64.5 Å². The summed E-state index contributed by atoms with van der Waals surface area (Å²) < 4.78 is 2.29. The minimum Gasteiger partial charge on any atom is -0.203 e. The van der Waals surface area contributed by atoms with Crippen LogP contribution in [-0.2, 0) is 6.42 Å². The fourth-order valence-electron chi connectivity index (χ4n) is 1.95. The number of aryl methyl sites for hydroxylation is 1. The monoisotopic (exact) mass is 220 g/mol. The topological polar surface area (TPSA) is 3.88 Å². The molecular formula is C15H26N+. The van der Waals surface area contributed by atoms with Gasteiger partial charge in [-0.25, -0.2) is 4.57 Å². The second kappa shape index (κ2) is 7.43. The molecule has 0 bridgehead atoms. The third-order valence-corrected chi connectivity index (χ3v) is 3.05. The van der Waals surface area contributed by atoms with Crippen LogP contribution in [0, 0.1) is 0 Å². The molecule has 0 N–H and O–H groups in total. The van der Waals surface area contributed by atoms with Crippen LogP contribution in [-0.4, -0.2) is 0 Å². The van der Waals surface area contributed by atoms with E-state index in [4.69, 9.17) is 0 Å². The van der Waals surface area contributed by atoms with Gasteiger partial charge >= 0.3 is 0 Å². The van der Waals surface area contributed by atoms with Crippen LogP contribution in [0.15, 0.2) is 24.5 Å².